The Labute approximate surface area is 121 Å². The molecule has 1 aromatic rings. The quantitative estimate of drug-likeness (QED) is 0.859. The van der Waals surface area contributed by atoms with Gasteiger partial charge in [0.2, 0.25) is 0 Å². The van der Waals surface area contributed by atoms with E-state index in [1.54, 1.807) is 0 Å². The van der Waals surface area contributed by atoms with E-state index in [2.05, 4.69) is 23.7 Å². The highest BCUT2D eigenvalue weighted by atomic mass is 19.1. The first-order valence-electron chi connectivity index (χ1n) is 7.42. The standard InChI is InChI=1S/C17H23FN2/c1-2-14-7-10-20(11-8-14)13-15-5-6-17(18)16(12-15)4-3-9-19/h5-6,12,14H,2,7-11,13,19H2,1H3. The van der Waals surface area contributed by atoms with Crippen LogP contribution in [0.5, 0.6) is 0 Å². The van der Waals surface area contributed by atoms with Gasteiger partial charge in [0.05, 0.1) is 12.1 Å². The van der Waals surface area contributed by atoms with Gasteiger partial charge in [-0.2, -0.15) is 0 Å². The Hall–Kier alpha value is -1.37. The van der Waals surface area contributed by atoms with Crippen LogP contribution in [0, 0.1) is 23.6 Å². The zero-order valence-electron chi connectivity index (χ0n) is 12.2. The summed E-state index contributed by atoms with van der Waals surface area (Å²) in [5.74, 6) is 6.13. The van der Waals surface area contributed by atoms with Gasteiger partial charge in [0.15, 0.2) is 0 Å². The lowest BCUT2D eigenvalue weighted by Gasteiger charge is -2.31. The third-order valence-electron chi connectivity index (χ3n) is 4.05. The number of piperidine rings is 1. The van der Waals surface area contributed by atoms with Gasteiger partial charge in [-0.15, -0.1) is 0 Å². The van der Waals surface area contributed by atoms with Gasteiger partial charge in [0.1, 0.15) is 5.82 Å². The summed E-state index contributed by atoms with van der Waals surface area (Å²) in [6.45, 7) is 5.68. The Morgan fingerprint density at radius 2 is 2.10 bits per heavy atom. The normalized spacial score (nSPS) is 16.8. The first kappa shape index (κ1) is 15.0. The third-order valence-corrected chi connectivity index (χ3v) is 4.05. The lowest BCUT2D eigenvalue weighted by molar-refractivity contribution is 0.175. The Kier molecular flexibility index (Phi) is 5.58. The molecule has 0 radical (unpaired) electrons. The Balaban J connectivity index is 1.99. The SMILES string of the molecule is CCC1CCN(Cc2ccc(F)c(C#CCN)c2)CC1. The van der Waals surface area contributed by atoms with Crippen LogP contribution in [0.2, 0.25) is 0 Å². The predicted octanol–water partition coefficient (Wildman–Crippen LogP) is 2.76. The van der Waals surface area contributed by atoms with Gasteiger partial charge in [0.25, 0.3) is 0 Å². The minimum Gasteiger partial charge on any atom is -0.320 e. The third kappa shape index (κ3) is 4.06. The minimum atomic E-state index is -0.264. The van der Waals surface area contributed by atoms with Gasteiger partial charge in [-0.05, 0) is 49.5 Å². The maximum atomic E-state index is 13.6. The van der Waals surface area contributed by atoms with Crippen molar-refractivity contribution >= 4 is 0 Å². The number of likely N-dealkylation sites (tertiary alicyclic amines) is 1. The highest BCUT2D eigenvalue weighted by Crippen LogP contribution is 2.21. The van der Waals surface area contributed by atoms with Crippen molar-refractivity contribution in [1.29, 1.82) is 0 Å². The van der Waals surface area contributed by atoms with E-state index in [-0.39, 0.29) is 12.4 Å². The van der Waals surface area contributed by atoms with Crippen molar-refractivity contribution in [2.24, 2.45) is 11.7 Å². The summed E-state index contributed by atoms with van der Waals surface area (Å²) in [5.41, 5.74) is 6.92. The number of hydrogen-bond acceptors (Lipinski definition) is 2. The topological polar surface area (TPSA) is 29.3 Å². The van der Waals surface area contributed by atoms with Crippen LogP contribution in [0.3, 0.4) is 0 Å². The van der Waals surface area contributed by atoms with E-state index in [0.29, 0.717) is 5.56 Å². The van der Waals surface area contributed by atoms with Crippen molar-refractivity contribution in [1.82, 2.24) is 4.90 Å². The maximum absolute atomic E-state index is 13.6. The smallest absolute Gasteiger partial charge is 0.138 e. The second kappa shape index (κ2) is 7.42. The first-order valence-corrected chi connectivity index (χ1v) is 7.42. The molecule has 108 valence electrons. The molecular weight excluding hydrogens is 251 g/mol. The lowest BCUT2D eigenvalue weighted by atomic mass is 9.94. The summed E-state index contributed by atoms with van der Waals surface area (Å²) >= 11 is 0. The molecule has 1 aliphatic rings. The van der Waals surface area contributed by atoms with E-state index in [1.165, 1.54) is 25.3 Å². The van der Waals surface area contributed by atoms with Crippen molar-refractivity contribution in [3.8, 4) is 11.8 Å². The molecule has 0 unspecified atom stereocenters. The highest BCUT2D eigenvalue weighted by molar-refractivity contribution is 5.38. The molecule has 1 aromatic carbocycles. The first-order chi connectivity index (χ1) is 9.72. The van der Waals surface area contributed by atoms with E-state index in [4.69, 9.17) is 5.73 Å². The lowest BCUT2D eigenvalue weighted by Crippen LogP contribution is -2.33. The summed E-state index contributed by atoms with van der Waals surface area (Å²) in [6, 6.07) is 5.22. The predicted molar refractivity (Wildman–Crippen MR) is 80.6 cm³/mol. The van der Waals surface area contributed by atoms with E-state index in [0.717, 1.165) is 31.1 Å². The molecule has 0 saturated carbocycles. The van der Waals surface area contributed by atoms with Crippen molar-refractivity contribution in [2.75, 3.05) is 19.6 Å². The summed E-state index contributed by atoms with van der Waals surface area (Å²) < 4.78 is 13.6. The molecule has 0 aliphatic carbocycles. The van der Waals surface area contributed by atoms with Crippen molar-refractivity contribution < 1.29 is 4.39 Å². The number of nitrogens with zero attached hydrogens (tertiary/aromatic N) is 1. The number of rotatable bonds is 3. The molecular formula is C17H23FN2. The number of benzene rings is 1. The number of halogens is 1. The molecule has 0 bridgehead atoms. The molecule has 2 rings (SSSR count). The fraction of sp³-hybridized carbons (Fsp3) is 0.529. The molecule has 0 atom stereocenters. The van der Waals surface area contributed by atoms with Crippen LogP contribution in [0.15, 0.2) is 18.2 Å². The molecule has 20 heavy (non-hydrogen) atoms. The van der Waals surface area contributed by atoms with Gasteiger partial charge < -0.3 is 5.73 Å². The van der Waals surface area contributed by atoms with Crippen LogP contribution >= 0.6 is 0 Å². The average Bonchev–Trinajstić information content (AvgIpc) is 2.48. The second-order valence-corrected chi connectivity index (χ2v) is 5.45. The van der Waals surface area contributed by atoms with Gasteiger partial charge in [-0.3, -0.25) is 4.90 Å². The minimum absolute atomic E-state index is 0.258. The van der Waals surface area contributed by atoms with E-state index >= 15 is 0 Å². The van der Waals surface area contributed by atoms with Crippen LogP contribution in [0.4, 0.5) is 4.39 Å². The summed E-state index contributed by atoms with van der Waals surface area (Å²) in [4.78, 5) is 2.44. The van der Waals surface area contributed by atoms with Crippen LogP contribution in [0.25, 0.3) is 0 Å². The molecule has 0 amide bonds. The van der Waals surface area contributed by atoms with E-state index < -0.39 is 0 Å². The molecule has 2 nitrogen and oxygen atoms in total. The van der Waals surface area contributed by atoms with Crippen LogP contribution in [-0.2, 0) is 6.54 Å². The number of hydrogen-bond donors (Lipinski definition) is 1. The maximum Gasteiger partial charge on any atom is 0.138 e. The Morgan fingerprint density at radius 3 is 2.75 bits per heavy atom. The highest BCUT2D eigenvalue weighted by Gasteiger charge is 2.17. The van der Waals surface area contributed by atoms with Crippen molar-refractivity contribution in [3.63, 3.8) is 0 Å². The number of nitrogens with two attached hydrogens (primary N) is 1. The van der Waals surface area contributed by atoms with Crippen molar-refractivity contribution in [2.45, 2.75) is 32.7 Å². The monoisotopic (exact) mass is 274 g/mol. The van der Waals surface area contributed by atoms with E-state index in [1.807, 2.05) is 12.1 Å². The largest absolute Gasteiger partial charge is 0.320 e. The van der Waals surface area contributed by atoms with Crippen LogP contribution in [0.1, 0.15) is 37.3 Å². The summed E-state index contributed by atoms with van der Waals surface area (Å²) in [5, 5.41) is 0. The molecule has 0 aromatic heterocycles. The van der Waals surface area contributed by atoms with Crippen LogP contribution in [-0.4, -0.2) is 24.5 Å². The fourth-order valence-corrected chi connectivity index (χ4v) is 2.72. The Bertz CT molecular complexity index is 493. The molecule has 1 aliphatic heterocycles. The summed E-state index contributed by atoms with van der Waals surface area (Å²) in [6.07, 6.45) is 3.83. The Morgan fingerprint density at radius 1 is 1.35 bits per heavy atom. The second-order valence-electron chi connectivity index (χ2n) is 5.45. The molecule has 2 N–H and O–H groups in total. The zero-order valence-corrected chi connectivity index (χ0v) is 12.2. The molecule has 0 spiro atoms. The zero-order chi connectivity index (χ0) is 14.4. The van der Waals surface area contributed by atoms with Gasteiger partial charge >= 0.3 is 0 Å². The molecule has 3 heteroatoms. The molecule has 1 saturated heterocycles. The van der Waals surface area contributed by atoms with Crippen LogP contribution < -0.4 is 5.73 Å². The summed E-state index contributed by atoms with van der Waals surface area (Å²) in [7, 11) is 0. The fourth-order valence-electron chi connectivity index (χ4n) is 2.72. The molecule has 1 fully saturated rings. The van der Waals surface area contributed by atoms with Gasteiger partial charge in [-0.25, -0.2) is 4.39 Å². The van der Waals surface area contributed by atoms with Gasteiger partial charge in [-0.1, -0.05) is 31.3 Å². The molecule has 1 heterocycles. The van der Waals surface area contributed by atoms with Gasteiger partial charge in [0, 0.05) is 6.54 Å². The average molecular weight is 274 g/mol. The van der Waals surface area contributed by atoms with E-state index in [9.17, 15) is 4.39 Å². The van der Waals surface area contributed by atoms with Crippen molar-refractivity contribution in [3.05, 3.63) is 35.1 Å².